The van der Waals surface area contributed by atoms with E-state index in [1.54, 1.807) is 177 Å². The van der Waals surface area contributed by atoms with Crippen molar-refractivity contribution in [3.63, 3.8) is 0 Å². The van der Waals surface area contributed by atoms with E-state index in [0.717, 1.165) is 11.1 Å². The number of rotatable bonds is 57. The van der Waals surface area contributed by atoms with Crippen molar-refractivity contribution in [2.75, 3.05) is 139 Å². The van der Waals surface area contributed by atoms with E-state index in [1.165, 1.54) is 0 Å². The minimum Gasteiger partial charge on any atom is -0.482 e. The van der Waals surface area contributed by atoms with E-state index in [9.17, 15) is 77.3 Å². The monoisotopic (exact) mass is 2060 g/mol. The Labute approximate surface area is 865 Å². The van der Waals surface area contributed by atoms with Gasteiger partial charge in [0.1, 0.15) is 37.3 Å². The van der Waals surface area contributed by atoms with Crippen LogP contribution in [0.2, 0.25) is 0 Å². The summed E-state index contributed by atoms with van der Waals surface area (Å²) in [5.41, 5.74) is 1.87. The number of ether oxygens (including phenoxy) is 18. The number of carbonyl (C=O) groups excluding carboxylic acids is 14. The number of aliphatic hydroxyl groups is 2. The van der Waals surface area contributed by atoms with Crippen LogP contribution in [0.15, 0.2) is 84.9 Å². The maximum absolute atomic E-state index is 11.9. The number of methoxy groups -OCH3 is 1. The molecule has 0 aliphatic rings. The predicted octanol–water partition coefficient (Wildman–Crippen LogP) is 17.7. The molecule has 0 aromatic heterocycles. The molecule has 2 N–H and O–H groups in total. The van der Waals surface area contributed by atoms with E-state index in [-0.39, 0.29) is 276 Å². The predicted molar refractivity (Wildman–Crippen MR) is 550 cm³/mol. The molecule has 0 spiro atoms. The lowest BCUT2D eigenvalue weighted by atomic mass is 9.97. The molecule has 0 radical (unpaired) electrons. The fraction of sp³-hybridized carbons (Fsp3) is 0.712. The van der Waals surface area contributed by atoms with Crippen LogP contribution in [0.5, 0.6) is 5.75 Å². The number of Topliss-reactive ketones (excluding diaryl/α,β-unsaturated/α-hetero) is 1. The number of hydrogen-bond donors (Lipinski definition) is 2. The molecular formula is C111H184O34. The Morgan fingerprint density at radius 3 is 0.848 bits per heavy atom. The minimum atomic E-state index is -0.849. The zero-order chi connectivity index (χ0) is 112. The highest BCUT2D eigenvalue weighted by Crippen LogP contribution is 2.24. The number of aliphatic hydroxyl groups excluding tert-OH is 2. The van der Waals surface area contributed by atoms with E-state index in [2.05, 4.69) is 0 Å². The third-order valence-electron chi connectivity index (χ3n) is 19.4. The maximum Gasteiger partial charge on any atom is 0.344 e. The molecule has 3 aromatic rings. The largest absolute Gasteiger partial charge is 0.482 e. The summed E-state index contributed by atoms with van der Waals surface area (Å²) in [6, 6.07) is 26.5. The highest BCUT2D eigenvalue weighted by Gasteiger charge is 2.28. The van der Waals surface area contributed by atoms with Crippen molar-refractivity contribution in [3.8, 4) is 5.75 Å². The Balaban J connectivity index is -0.000000804. The Kier molecular flexibility index (Phi) is 78.1. The van der Waals surface area contributed by atoms with Gasteiger partial charge in [-0.1, -0.05) is 255 Å². The summed E-state index contributed by atoms with van der Waals surface area (Å²) in [5, 5.41) is 18.8. The normalized spacial score (nSPS) is 13.2. The molecule has 0 saturated carbocycles. The SMILES string of the molecule is CC(COC(=O)C(C)C)COC(=O)C(C)(C)C.CC(COC(=O)C(C)C)COC(=O)C(C)C.CC(COC(=O)C(C)C)COC(CO)COC(=O)C(C)C.CC(COC(=O)CC(C)c1ccccc1)COC(=O)C(C)C.CC(COC(=O)COc1ccc(C(=O)C(C)C)cc1)COC(=O)C(C)C.CC(COCC(O)COC(=O)C(C)C)COC(=O)C(C)C.COC(COCC(C)COC(=O)C(C)(C)C)c1ccccc1. The second-order valence-corrected chi connectivity index (χ2v) is 41.7. The summed E-state index contributed by atoms with van der Waals surface area (Å²) in [4.78, 5) is 160. The van der Waals surface area contributed by atoms with Crippen molar-refractivity contribution in [2.24, 2.45) is 111 Å². The van der Waals surface area contributed by atoms with Crippen molar-refractivity contribution >= 4 is 83.4 Å². The van der Waals surface area contributed by atoms with Gasteiger partial charge in [-0.15, -0.1) is 0 Å². The molecule has 0 amide bonds. The smallest absolute Gasteiger partial charge is 0.344 e. The summed E-state index contributed by atoms with van der Waals surface area (Å²) in [5.74, 6) is -4.11. The standard InChI is InChI=1S/C20H28O6.C18H28O4.C18H26O4.2C15H28O6.C13H24O4.C12H22O4/c1-13(2)19(22)16-6-8-17(9-7-16)24-12-18(21)25-10-15(5)11-26-20(23)14(3)4;1-14(12-22-17(19)18(2,3)4)11-21-13-16(20-5)15-9-7-6-8-10-15;1-13(2)18(20)22-12-14(3)11-21-17(19)10-15(4)16-8-6-5-7-9-16;1-10(2)14(17)20-8-12(5)7-19-13(6-16)9-21-15(18)11(3)4;1-10(2)14(17)20-7-12(5)6-19-8-13(16)9-21-15(18)11(3)4;1-9(2)11(14)16-7-10(3)8-17-12(15)13(4,5)6;1-8(2)11(13)15-6-10(5)7-16-12(14)9(3)4/h6-9,13-15H,10-12H2,1-5H3;6-10,14,16H,11-13H2,1-5H3;5-9,13-15H,10-12H2,1-4H3;2*10-13,16H,6-9H2,1-5H3;9-10H,7-8H2,1-6H3;8-10H,6-7H2,1-5H3. The summed E-state index contributed by atoms with van der Waals surface area (Å²) in [6.07, 6.45) is -1.14. The fourth-order valence-electron chi connectivity index (χ4n) is 9.79. The first kappa shape index (κ1) is 141. The number of benzene rings is 3. The van der Waals surface area contributed by atoms with Crippen LogP contribution in [-0.2, 0) is 143 Å². The number of carbonyl (C=O) groups is 14. The molecule has 0 aliphatic carbocycles. The van der Waals surface area contributed by atoms with Gasteiger partial charge < -0.3 is 95.5 Å². The van der Waals surface area contributed by atoms with Crippen molar-refractivity contribution in [1.29, 1.82) is 0 Å². The van der Waals surface area contributed by atoms with Crippen LogP contribution in [-0.4, -0.2) is 245 Å². The van der Waals surface area contributed by atoms with Gasteiger partial charge in [0, 0.05) is 60.0 Å². The van der Waals surface area contributed by atoms with Crippen LogP contribution in [0.1, 0.15) is 275 Å². The van der Waals surface area contributed by atoms with Gasteiger partial charge in [-0.3, -0.25) is 62.3 Å². The second kappa shape index (κ2) is 80.1. The molecule has 34 heteroatoms. The Hall–Kier alpha value is -10.0. The number of esters is 13. The lowest BCUT2D eigenvalue weighted by Gasteiger charge is -2.20. The van der Waals surface area contributed by atoms with Crippen molar-refractivity contribution in [3.05, 3.63) is 102 Å². The lowest BCUT2D eigenvalue weighted by Crippen LogP contribution is -2.29. The van der Waals surface area contributed by atoms with E-state index in [1.807, 2.05) is 151 Å². The molecule has 10 atom stereocenters. The lowest BCUT2D eigenvalue weighted by molar-refractivity contribution is -0.157. The van der Waals surface area contributed by atoms with Crippen LogP contribution in [0.25, 0.3) is 0 Å². The summed E-state index contributed by atoms with van der Waals surface area (Å²) < 4.78 is 93.4. The maximum atomic E-state index is 11.9. The second-order valence-electron chi connectivity index (χ2n) is 41.7. The summed E-state index contributed by atoms with van der Waals surface area (Å²) in [6.45, 7) is 65.9. The van der Waals surface area contributed by atoms with Crippen LogP contribution < -0.4 is 4.74 Å². The van der Waals surface area contributed by atoms with Crippen LogP contribution >= 0.6 is 0 Å². The molecule has 0 heterocycles. The molecule has 145 heavy (non-hydrogen) atoms. The molecule has 0 aliphatic heterocycles. The van der Waals surface area contributed by atoms with Gasteiger partial charge in [0.05, 0.1) is 183 Å². The van der Waals surface area contributed by atoms with Crippen LogP contribution in [0.4, 0.5) is 0 Å². The molecular weight excluding hydrogens is 1880 g/mol. The van der Waals surface area contributed by atoms with E-state index in [0.29, 0.717) is 64.0 Å². The third-order valence-corrected chi connectivity index (χ3v) is 19.4. The molecule has 0 fully saturated rings. The van der Waals surface area contributed by atoms with Crippen molar-refractivity contribution in [1.82, 2.24) is 0 Å². The van der Waals surface area contributed by atoms with Gasteiger partial charge in [0.25, 0.3) is 0 Å². The Morgan fingerprint density at radius 2 is 0.552 bits per heavy atom. The third kappa shape index (κ3) is 76.2. The van der Waals surface area contributed by atoms with Crippen molar-refractivity contribution < 1.29 is 163 Å². The zero-order valence-electron chi connectivity index (χ0n) is 94.0. The average molecular weight is 2060 g/mol. The average Bonchev–Trinajstić information content (AvgIpc) is 0.964. The van der Waals surface area contributed by atoms with Gasteiger partial charge >= 0.3 is 77.6 Å². The van der Waals surface area contributed by atoms with Gasteiger partial charge in [-0.05, 0) is 82.9 Å². The first-order valence-electron chi connectivity index (χ1n) is 50.5. The molecule has 3 aromatic carbocycles. The fourth-order valence-corrected chi connectivity index (χ4v) is 9.79. The van der Waals surface area contributed by atoms with Gasteiger partial charge in [-0.2, -0.15) is 0 Å². The number of ketones is 1. The number of hydrogen-bond acceptors (Lipinski definition) is 34. The minimum absolute atomic E-state index is 0.00122. The Morgan fingerprint density at radius 1 is 0.283 bits per heavy atom. The van der Waals surface area contributed by atoms with Gasteiger partial charge in [0.15, 0.2) is 12.4 Å². The highest BCUT2D eigenvalue weighted by atomic mass is 16.6. The van der Waals surface area contributed by atoms with Crippen LogP contribution in [0.3, 0.4) is 0 Å². The molecule has 832 valence electrons. The first-order chi connectivity index (χ1) is 67.4. The molecule has 34 nitrogen and oxygen atoms in total. The summed E-state index contributed by atoms with van der Waals surface area (Å²) >= 11 is 0. The van der Waals surface area contributed by atoms with Gasteiger partial charge in [-0.25, -0.2) is 4.79 Å². The summed E-state index contributed by atoms with van der Waals surface area (Å²) in [7, 11) is 1.68. The van der Waals surface area contributed by atoms with E-state index < -0.39 is 29.0 Å². The molecule has 0 bridgehead atoms. The van der Waals surface area contributed by atoms with Crippen molar-refractivity contribution in [2.45, 2.75) is 266 Å². The van der Waals surface area contributed by atoms with E-state index >= 15 is 0 Å². The quantitative estimate of drug-likeness (QED) is 0.0301. The highest BCUT2D eigenvalue weighted by molar-refractivity contribution is 5.97. The molecule has 3 rings (SSSR count). The van der Waals surface area contributed by atoms with E-state index in [4.69, 9.17) is 85.3 Å². The topological polar surface area (TPSA) is 446 Å². The first-order valence-corrected chi connectivity index (χ1v) is 50.5. The molecule has 10 unspecified atom stereocenters. The van der Waals surface area contributed by atoms with Crippen LogP contribution in [0, 0.1) is 111 Å². The zero-order valence-corrected chi connectivity index (χ0v) is 94.0. The molecule has 0 saturated heterocycles. The Bertz CT molecular complexity index is 3990. The van der Waals surface area contributed by atoms with Gasteiger partial charge in [0.2, 0.25) is 0 Å².